The number of nitrogens with zero attached hydrogens (tertiary/aromatic N) is 6. The summed E-state index contributed by atoms with van der Waals surface area (Å²) in [5, 5.41) is 5.86. The van der Waals surface area contributed by atoms with Gasteiger partial charge < -0.3 is 15.1 Å². The van der Waals surface area contributed by atoms with Crippen molar-refractivity contribution in [3.05, 3.63) is 53.4 Å². The Labute approximate surface area is 167 Å². The molecule has 1 N–H and O–H groups in total. The average molecular weight is 395 g/mol. The Hall–Kier alpha value is -3.07. The number of nitrogens with one attached hydrogen (secondary N) is 1. The van der Waals surface area contributed by atoms with E-state index in [1.807, 2.05) is 35.4 Å². The summed E-state index contributed by atoms with van der Waals surface area (Å²) >= 11 is 1.48. The van der Waals surface area contributed by atoms with E-state index in [4.69, 9.17) is 0 Å². The van der Waals surface area contributed by atoms with Crippen molar-refractivity contribution in [3.8, 4) is 0 Å². The van der Waals surface area contributed by atoms with Gasteiger partial charge in [-0.25, -0.2) is 19.9 Å². The quantitative estimate of drug-likeness (QED) is 0.709. The minimum Gasteiger partial charge on any atom is -0.339 e. The van der Waals surface area contributed by atoms with E-state index in [1.54, 1.807) is 18.5 Å². The van der Waals surface area contributed by atoms with Gasteiger partial charge in [-0.15, -0.1) is 11.3 Å². The lowest BCUT2D eigenvalue weighted by Gasteiger charge is -2.34. The minimum absolute atomic E-state index is 0.0964. The molecule has 0 spiro atoms. The summed E-state index contributed by atoms with van der Waals surface area (Å²) in [6.07, 6.45) is 3.78. The first-order valence-electron chi connectivity index (χ1n) is 9.12. The number of carbonyl (C=O) groups is 1. The number of aromatic nitrogens is 4. The lowest BCUT2D eigenvalue weighted by Crippen LogP contribution is -2.49. The van der Waals surface area contributed by atoms with E-state index in [-0.39, 0.29) is 5.91 Å². The van der Waals surface area contributed by atoms with Crippen LogP contribution in [0, 0.1) is 6.92 Å². The molecule has 1 aliphatic heterocycles. The second kappa shape index (κ2) is 8.30. The zero-order chi connectivity index (χ0) is 19.3. The van der Waals surface area contributed by atoms with Crippen LogP contribution in [0.1, 0.15) is 11.4 Å². The third-order valence-corrected chi connectivity index (χ3v) is 5.28. The van der Waals surface area contributed by atoms with Gasteiger partial charge in [-0.05, 0) is 25.1 Å². The maximum Gasteiger partial charge on any atom is 0.228 e. The Morgan fingerprint density at radius 1 is 1.11 bits per heavy atom. The topological polar surface area (TPSA) is 87.1 Å². The number of hydrogen-bond donors (Lipinski definition) is 1. The van der Waals surface area contributed by atoms with Gasteiger partial charge in [-0.1, -0.05) is 6.07 Å². The van der Waals surface area contributed by atoms with Crippen LogP contribution in [0.25, 0.3) is 0 Å². The van der Waals surface area contributed by atoms with Crippen LogP contribution in [0.2, 0.25) is 0 Å². The third kappa shape index (κ3) is 4.42. The highest BCUT2D eigenvalue weighted by Crippen LogP contribution is 2.21. The van der Waals surface area contributed by atoms with Gasteiger partial charge in [-0.3, -0.25) is 4.79 Å². The van der Waals surface area contributed by atoms with E-state index < -0.39 is 0 Å². The van der Waals surface area contributed by atoms with Crippen LogP contribution in [0.4, 0.5) is 16.9 Å². The number of thiazole rings is 1. The fourth-order valence-corrected chi connectivity index (χ4v) is 3.76. The maximum absolute atomic E-state index is 12.6. The number of piperazine rings is 1. The molecule has 1 aliphatic rings. The Kier molecular flexibility index (Phi) is 5.43. The van der Waals surface area contributed by atoms with Crippen molar-refractivity contribution in [2.45, 2.75) is 13.3 Å². The molecular weight excluding hydrogens is 374 g/mol. The van der Waals surface area contributed by atoms with Gasteiger partial charge in [0.15, 0.2) is 5.13 Å². The van der Waals surface area contributed by atoms with E-state index in [9.17, 15) is 4.79 Å². The lowest BCUT2D eigenvalue weighted by atomic mass is 10.2. The monoisotopic (exact) mass is 395 g/mol. The summed E-state index contributed by atoms with van der Waals surface area (Å²) in [7, 11) is 0. The molecule has 144 valence electrons. The molecule has 0 radical (unpaired) electrons. The van der Waals surface area contributed by atoms with Gasteiger partial charge >= 0.3 is 0 Å². The van der Waals surface area contributed by atoms with E-state index in [0.29, 0.717) is 19.5 Å². The SMILES string of the molecule is Cc1cccc(Nc2nc(CC(=O)N3CCN(c4ncccn4)CC3)cs2)n1. The maximum atomic E-state index is 12.6. The number of amides is 1. The molecule has 9 heteroatoms. The fourth-order valence-electron chi connectivity index (χ4n) is 3.04. The highest BCUT2D eigenvalue weighted by molar-refractivity contribution is 7.13. The third-order valence-electron chi connectivity index (χ3n) is 4.47. The van der Waals surface area contributed by atoms with Crippen LogP contribution in [0.15, 0.2) is 42.0 Å². The Balaban J connectivity index is 1.30. The first kappa shape index (κ1) is 18.3. The minimum atomic E-state index is 0.0964. The Morgan fingerprint density at radius 2 is 1.89 bits per heavy atom. The van der Waals surface area contributed by atoms with Crippen molar-refractivity contribution >= 4 is 34.1 Å². The van der Waals surface area contributed by atoms with Crippen LogP contribution in [0.5, 0.6) is 0 Å². The van der Waals surface area contributed by atoms with Crippen molar-refractivity contribution in [1.82, 2.24) is 24.8 Å². The summed E-state index contributed by atoms with van der Waals surface area (Å²) in [6, 6.07) is 7.59. The van der Waals surface area contributed by atoms with Crippen LogP contribution in [0.3, 0.4) is 0 Å². The second-order valence-electron chi connectivity index (χ2n) is 6.53. The second-order valence-corrected chi connectivity index (χ2v) is 7.38. The van der Waals surface area contributed by atoms with Crippen molar-refractivity contribution in [3.63, 3.8) is 0 Å². The molecule has 1 amide bonds. The van der Waals surface area contributed by atoms with Crippen molar-refractivity contribution in [2.24, 2.45) is 0 Å². The summed E-state index contributed by atoms with van der Waals surface area (Å²) in [5.74, 6) is 1.57. The van der Waals surface area contributed by atoms with Gasteiger partial charge in [0.25, 0.3) is 0 Å². The highest BCUT2D eigenvalue weighted by atomic mass is 32.1. The van der Waals surface area contributed by atoms with E-state index in [2.05, 4.69) is 30.2 Å². The number of aryl methyl sites for hydroxylation is 1. The van der Waals surface area contributed by atoms with Crippen molar-refractivity contribution < 1.29 is 4.79 Å². The molecule has 4 rings (SSSR count). The standard InChI is InChI=1S/C19H21N7OS/c1-14-4-2-5-16(22-14)24-19-23-15(13-28-19)12-17(27)25-8-10-26(11-9-25)18-20-6-3-7-21-18/h2-7,13H,8-12H2,1H3,(H,22,23,24). The first-order valence-corrected chi connectivity index (χ1v) is 10.0. The van der Waals surface area contributed by atoms with Gasteiger partial charge in [0.1, 0.15) is 5.82 Å². The summed E-state index contributed by atoms with van der Waals surface area (Å²) in [5.41, 5.74) is 1.72. The van der Waals surface area contributed by atoms with E-state index in [0.717, 1.165) is 41.4 Å². The molecular formula is C19H21N7OS. The predicted octanol–water partition coefficient (Wildman–Crippen LogP) is 2.27. The molecule has 1 saturated heterocycles. The number of anilines is 3. The molecule has 1 fully saturated rings. The molecule has 28 heavy (non-hydrogen) atoms. The molecule has 8 nitrogen and oxygen atoms in total. The first-order chi connectivity index (χ1) is 13.7. The summed E-state index contributed by atoms with van der Waals surface area (Å²) in [6.45, 7) is 4.75. The zero-order valence-electron chi connectivity index (χ0n) is 15.6. The molecule has 0 saturated carbocycles. The largest absolute Gasteiger partial charge is 0.339 e. The summed E-state index contributed by atoms with van der Waals surface area (Å²) in [4.78, 5) is 34.1. The van der Waals surface area contributed by atoms with Gasteiger partial charge in [0, 0.05) is 49.6 Å². The molecule has 0 bridgehead atoms. The summed E-state index contributed by atoms with van der Waals surface area (Å²) < 4.78 is 0. The van der Waals surface area contributed by atoms with Crippen molar-refractivity contribution in [2.75, 3.05) is 36.4 Å². The molecule has 0 aliphatic carbocycles. The number of hydrogen-bond acceptors (Lipinski definition) is 8. The van der Waals surface area contributed by atoms with Crippen LogP contribution in [-0.4, -0.2) is 56.9 Å². The normalized spacial score (nSPS) is 14.2. The molecule has 4 heterocycles. The average Bonchev–Trinajstić information content (AvgIpc) is 3.15. The fraction of sp³-hybridized carbons (Fsp3) is 0.316. The van der Waals surface area contributed by atoms with Crippen molar-refractivity contribution in [1.29, 1.82) is 0 Å². The molecule has 3 aromatic rings. The van der Waals surface area contributed by atoms with Crippen LogP contribution in [-0.2, 0) is 11.2 Å². The Morgan fingerprint density at radius 3 is 2.64 bits per heavy atom. The zero-order valence-corrected chi connectivity index (χ0v) is 16.4. The molecule has 0 unspecified atom stereocenters. The van der Waals surface area contributed by atoms with E-state index >= 15 is 0 Å². The number of carbonyl (C=O) groups excluding carboxylic acids is 1. The highest BCUT2D eigenvalue weighted by Gasteiger charge is 2.23. The van der Waals surface area contributed by atoms with Gasteiger partial charge in [0.05, 0.1) is 12.1 Å². The molecule has 3 aromatic heterocycles. The number of rotatable bonds is 5. The Bertz CT molecular complexity index is 938. The van der Waals surface area contributed by atoms with E-state index in [1.165, 1.54) is 11.3 Å². The predicted molar refractivity (Wildman–Crippen MR) is 109 cm³/mol. The lowest BCUT2D eigenvalue weighted by molar-refractivity contribution is -0.130. The van der Waals surface area contributed by atoms with Crippen LogP contribution < -0.4 is 10.2 Å². The van der Waals surface area contributed by atoms with Gasteiger partial charge in [0.2, 0.25) is 11.9 Å². The van der Waals surface area contributed by atoms with Gasteiger partial charge in [-0.2, -0.15) is 0 Å². The smallest absolute Gasteiger partial charge is 0.228 e. The molecule has 0 aromatic carbocycles. The van der Waals surface area contributed by atoms with Crippen LogP contribution >= 0.6 is 11.3 Å². The number of pyridine rings is 1. The molecule has 0 atom stereocenters.